The Balaban J connectivity index is 2.50. The average Bonchev–Trinajstić information content (AvgIpc) is 2.31. The molecule has 2 nitrogen and oxygen atoms in total. The molecule has 0 radical (unpaired) electrons. The fourth-order valence-electron chi connectivity index (χ4n) is 1.31. The van der Waals surface area contributed by atoms with Gasteiger partial charge >= 0.3 is 6.65 Å². The normalized spacial score (nSPS) is 14.5. The van der Waals surface area contributed by atoms with E-state index in [9.17, 15) is 4.57 Å². The zero-order chi connectivity index (χ0) is 10.7. The molecule has 76 valence electrons. The number of pyridine rings is 1. The van der Waals surface area contributed by atoms with Gasteiger partial charge in [0.05, 0.1) is 5.30 Å². The second-order valence-electron chi connectivity index (χ2n) is 3.09. The van der Waals surface area contributed by atoms with Gasteiger partial charge < -0.3 is 0 Å². The lowest BCUT2D eigenvalue weighted by molar-refractivity contribution is -0.513. The second-order valence-corrected chi connectivity index (χ2v) is 6.45. The van der Waals surface area contributed by atoms with Crippen LogP contribution < -0.4 is 9.64 Å². The zero-order valence-electron chi connectivity index (χ0n) is 7.95. The molecule has 0 N–H and O–H groups in total. The van der Waals surface area contributed by atoms with Crippen LogP contribution in [0.25, 0.3) is 0 Å². The highest BCUT2D eigenvalue weighted by Crippen LogP contribution is 2.43. The maximum absolute atomic E-state index is 12.3. The summed E-state index contributed by atoms with van der Waals surface area (Å²) in [5.41, 5.74) is 0. The molecule has 0 aliphatic carbocycles. The van der Waals surface area contributed by atoms with Crippen molar-refractivity contribution in [2.24, 2.45) is 0 Å². The highest BCUT2D eigenvalue weighted by Gasteiger charge is 2.32. The highest BCUT2D eigenvalue weighted by atomic mass is 35.7. The molecule has 2 rings (SSSR count). The summed E-state index contributed by atoms with van der Waals surface area (Å²) in [5, 5.41) is 0.642. The van der Waals surface area contributed by atoms with Crippen molar-refractivity contribution < 1.29 is 8.90 Å². The molecule has 1 heterocycles. The van der Waals surface area contributed by atoms with Gasteiger partial charge in [-0.15, -0.1) is 4.34 Å². The van der Waals surface area contributed by atoms with Gasteiger partial charge in [0.2, 0.25) is 0 Å². The van der Waals surface area contributed by atoms with E-state index in [2.05, 4.69) is 0 Å². The monoisotopic (exact) mass is 238 g/mol. The van der Waals surface area contributed by atoms with Gasteiger partial charge in [-0.3, -0.25) is 0 Å². The van der Waals surface area contributed by atoms with Crippen molar-refractivity contribution in [2.45, 2.75) is 0 Å². The Hall–Kier alpha value is -1.11. The van der Waals surface area contributed by atoms with Crippen LogP contribution in [-0.4, -0.2) is 0 Å². The SMILES string of the molecule is O=P(Cl)(c1ccccc1)[n+]1ccccc1. The first-order chi connectivity index (χ1) is 7.21. The van der Waals surface area contributed by atoms with E-state index in [0.29, 0.717) is 5.30 Å². The minimum atomic E-state index is -3.01. The Morgan fingerprint density at radius 2 is 1.47 bits per heavy atom. The lowest BCUT2D eigenvalue weighted by Gasteiger charge is -2.03. The number of benzene rings is 1. The Kier molecular flexibility index (Phi) is 2.90. The van der Waals surface area contributed by atoms with Crippen molar-refractivity contribution in [2.75, 3.05) is 0 Å². The number of rotatable bonds is 2. The third kappa shape index (κ3) is 2.11. The van der Waals surface area contributed by atoms with Crippen molar-refractivity contribution >= 4 is 23.2 Å². The molecule has 0 aliphatic heterocycles. The standard InChI is InChI=1S/C11H10ClNOP/c12-15(14,11-7-3-1-4-8-11)13-9-5-2-6-10-13/h1-10H/q+1. The molecule has 0 amide bonds. The predicted octanol–water partition coefficient (Wildman–Crippen LogP) is 2.58. The molecule has 1 unspecified atom stereocenters. The molecular formula is C11H10ClNOP+. The van der Waals surface area contributed by atoms with Crippen LogP contribution in [0.15, 0.2) is 60.9 Å². The Morgan fingerprint density at radius 1 is 0.933 bits per heavy atom. The number of halogens is 1. The highest BCUT2D eigenvalue weighted by molar-refractivity contribution is 7.89. The number of nitrogens with zero attached hydrogens (tertiary/aromatic N) is 1. The van der Waals surface area contributed by atoms with Gasteiger partial charge in [-0.1, -0.05) is 24.3 Å². The molecule has 0 aliphatic rings. The molecular weight excluding hydrogens is 229 g/mol. The zero-order valence-corrected chi connectivity index (χ0v) is 9.60. The smallest absolute Gasteiger partial charge is 0.227 e. The van der Waals surface area contributed by atoms with Crippen LogP contribution in [0.2, 0.25) is 0 Å². The van der Waals surface area contributed by atoms with Crippen LogP contribution in [0.5, 0.6) is 0 Å². The Morgan fingerprint density at radius 3 is 2.07 bits per heavy atom. The summed E-state index contributed by atoms with van der Waals surface area (Å²) in [5.74, 6) is 0. The van der Waals surface area contributed by atoms with Gasteiger partial charge in [0.15, 0.2) is 12.4 Å². The van der Waals surface area contributed by atoms with Crippen molar-refractivity contribution in [1.82, 2.24) is 0 Å². The van der Waals surface area contributed by atoms with Gasteiger partial charge in [-0.2, -0.15) is 0 Å². The predicted molar refractivity (Wildman–Crippen MR) is 61.6 cm³/mol. The topological polar surface area (TPSA) is 20.9 Å². The van der Waals surface area contributed by atoms with Crippen LogP contribution >= 0.6 is 17.9 Å². The summed E-state index contributed by atoms with van der Waals surface area (Å²) in [6.07, 6.45) is 3.42. The van der Waals surface area contributed by atoms with Crippen LogP contribution in [0.1, 0.15) is 0 Å². The van der Waals surface area contributed by atoms with Gasteiger partial charge in [-0.05, 0) is 12.1 Å². The van der Waals surface area contributed by atoms with E-state index in [1.165, 1.54) is 0 Å². The third-order valence-corrected chi connectivity index (χ3v) is 4.98. The summed E-state index contributed by atoms with van der Waals surface area (Å²) in [6, 6.07) is 14.5. The molecule has 0 bridgehead atoms. The van der Waals surface area contributed by atoms with E-state index in [4.69, 9.17) is 11.2 Å². The maximum atomic E-state index is 12.3. The third-order valence-electron chi connectivity index (χ3n) is 2.07. The molecule has 15 heavy (non-hydrogen) atoms. The van der Waals surface area contributed by atoms with E-state index < -0.39 is 6.65 Å². The lowest BCUT2D eigenvalue weighted by Crippen LogP contribution is -2.32. The van der Waals surface area contributed by atoms with Crippen molar-refractivity contribution in [3.05, 3.63) is 60.9 Å². The molecule has 0 spiro atoms. The average molecular weight is 239 g/mol. The Bertz CT molecular complexity index is 443. The van der Waals surface area contributed by atoms with Crippen LogP contribution in [0, 0.1) is 0 Å². The van der Waals surface area contributed by atoms with E-state index in [1.807, 2.05) is 24.3 Å². The largest absolute Gasteiger partial charge is 0.441 e. The summed E-state index contributed by atoms with van der Waals surface area (Å²) in [6.45, 7) is -3.01. The minimum Gasteiger partial charge on any atom is -0.227 e. The number of aromatic nitrogens is 1. The molecule has 1 aromatic carbocycles. The van der Waals surface area contributed by atoms with Crippen molar-refractivity contribution in [1.29, 1.82) is 0 Å². The maximum Gasteiger partial charge on any atom is 0.441 e. The Labute approximate surface area is 93.4 Å². The first-order valence-electron chi connectivity index (χ1n) is 4.54. The van der Waals surface area contributed by atoms with Gasteiger partial charge in [-0.25, -0.2) is 4.57 Å². The molecule has 1 atom stereocenters. The quantitative estimate of drug-likeness (QED) is 0.737. The minimum absolute atomic E-state index is 0.642. The van der Waals surface area contributed by atoms with E-state index in [0.717, 1.165) is 0 Å². The lowest BCUT2D eigenvalue weighted by atomic mass is 10.4. The molecule has 0 saturated carbocycles. The summed E-state index contributed by atoms with van der Waals surface area (Å²) < 4.78 is 13.9. The first kappa shape index (κ1) is 10.4. The number of hydrogen-bond donors (Lipinski definition) is 0. The molecule has 0 saturated heterocycles. The second kappa shape index (κ2) is 4.18. The molecule has 2 aromatic rings. The van der Waals surface area contributed by atoms with E-state index in [1.54, 1.807) is 41.0 Å². The van der Waals surface area contributed by atoms with Gasteiger partial charge in [0.25, 0.3) is 0 Å². The van der Waals surface area contributed by atoms with E-state index in [-0.39, 0.29) is 0 Å². The molecule has 0 fully saturated rings. The van der Waals surface area contributed by atoms with Gasteiger partial charge in [0.1, 0.15) is 0 Å². The summed E-state index contributed by atoms with van der Waals surface area (Å²) >= 11 is 6.11. The van der Waals surface area contributed by atoms with E-state index >= 15 is 0 Å². The number of hydrogen-bond acceptors (Lipinski definition) is 1. The first-order valence-corrected chi connectivity index (χ1v) is 7.10. The van der Waals surface area contributed by atoms with Crippen LogP contribution in [0.4, 0.5) is 0 Å². The fraction of sp³-hybridized carbons (Fsp3) is 0. The molecule has 4 heteroatoms. The fourth-order valence-corrected chi connectivity index (χ4v) is 3.25. The van der Waals surface area contributed by atoms with Crippen molar-refractivity contribution in [3.8, 4) is 0 Å². The van der Waals surface area contributed by atoms with Crippen LogP contribution in [0.3, 0.4) is 0 Å². The van der Waals surface area contributed by atoms with Crippen molar-refractivity contribution in [3.63, 3.8) is 0 Å². The summed E-state index contributed by atoms with van der Waals surface area (Å²) in [7, 11) is 0. The molecule has 1 aromatic heterocycles. The van der Waals surface area contributed by atoms with Crippen LogP contribution in [-0.2, 0) is 4.57 Å². The van der Waals surface area contributed by atoms with Gasteiger partial charge in [0, 0.05) is 23.4 Å². The summed E-state index contributed by atoms with van der Waals surface area (Å²) in [4.78, 5) is 0.